The third kappa shape index (κ3) is 4.74. The molecule has 0 aromatic heterocycles. The van der Waals surface area contributed by atoms with E-state index in [1.165, 1.54) is 6.42 Å². The Kier molecular flexibility index (Phi) is 5.84. The van der Waals surface area contributed by atoms with Gasteiger partial charge in [0.15, 0.2) is 9.84 Å². The van der Waals surface area contributed by atoms with Crippen LogP contribution < -0.4 is 10.6 Å². The summed E-state index contributed by atoms with van der Waals surface area (Å²) in [6.45, 7) is 2.76. The molecule has 6 heteroatoms. The lowest BCUT2D eigenvalue weighted by Gasteiger charge is -2.12. The van der Waals surface area contributed by atoms with Crippen molar-refractivity contribution in [2.75, 3.05) is 25.4 Å². The van der Waals surface area contributed by atoms with Gasteiger partial charge < -0.3 is 10.6 Å². The first-order valence-electron chi connectivity index (χ1n) is 7.77. The van der Waals surface area contributed by atoms with Crippen molar-refractivity contribution < 1.29 is 13.2 Å². The minimum absolute atomic E-state index is 0.00842. The highest BCUT2D eigenvalue weighted by Crippen LogP contribution is 2.25. The summed E-state index contributed by atoms with van der Waals surface area (Å²) in [6, 6.07) is 0. The Balaban J connectivity index is 1.61. The maximum absolute atomic E-state index is 12.0. The van der Waals surface area contributed by atoms with Crippen molar-refractivity contribution in [2.24, 2.45) is 5.92 Å². The van der Waals surface area contributed by atoms with E-state index < -0.39 is 9.84 Å². The summed E-state index contributed by atoms with van der Waals surface area (Å²) >= 11 is 0. The fourth-order valence-corrected chi connectivity index (χ4v) is 4.97. The predicted molar refractivity (Wildman–Crippen MR) is 79.3 cm³/mol. The zero-order valence-corrected chi connectivity index (χ0v) is 12.9. The van der Waals surface area contributed by atoms with Gasteiger partial charge in [-0.25, -0.2) is 8.42 Å². The van der Waals surface area contributed by atoms with Gasteiger partial charge in [-0.3, -0.25) is 4.79 Å². The number of amides is 1. The molecule has 1 atom stereocenters. The molecular weight excluding hydrogens is 276 g/mol. The third-order valence-corrected chi connectivity index (χ3v) is 6.72. The zero-order chi connectivity index (χ0) is 14.4. The van der Waals surface area contributed by atoms with Crippen molar-refractivity contribution in [3.8, 4) is 0 Å². The van der Waals surface area contributed by atoms with Gasteiger partial charge in [-0.15, -0.1) is 0 Å². The highest BCUT2D eigenvalue weighted by atomic mass is 32.2. The Morgan fingerprint density at radius 2 is 1.95 bits per heavy atom. The van der Waals surface area contributed by atoms with Gasteiger partial charge in [0.25, 0.3) is 0 Å². The largest absolute Gasteiger partial charge is 0.356 e. The van der Waals surface area contributed by atoms with E-state index in [-0.39, 0.29) is 23.3 Å². The van der Waals surface area contributed by atoms with Crippen LogP contribution in [0.5, 0.6) is 0 Å². The molecule has 0 aromatic carbocycles. The summed E-state index contributed by atoms with van der Waals surface area (Å²) in [6.07, 6.45) is 5.83. The maximum Gasteiger partial charge on any atom is 0.221 e. The summed E-state index contributed by atoms with van der Waals surface area (Å²) in [7, 11) is -3.07. The zero-order valence-electron chi connectivity index (χ0n) is 12.1. The van der Waals surface area contributed by atoms with Crippen LogP contribution in [0.2, 0.25) is 0 Å². The van der Waals surface area contributed by atoms with Crippen molar-refractivity contribution >= 4 is 15.7 Å². The minimum atomic E-state index is -3.07. The van der Waals surface area contributed by atoms with Crippen LogP contribution in [0.4, 0.5) is 0 Å². The van der Waals surface area contributed by atoms with Gasteiger partial charge in [-0.2, -0.15) is 0 Å². The average molecular weight is 302 g/mol. The first kappa shape index (κ1) is 15.8. The van der Waals surface area contributed by atoms with Crippen LogP contribution in [-0.4, -0.2) is 45.0 Å². The second-order valence-electron chi connectivity index (χ2n) is 6.02. The van der Waals surface area contributed by atoms with Crippen molar-refractivity contribution in [2.45, 2.75) is 50.2 Å². The third-order valence-electron chi connectivity index (χ3n) is 4.46. The maximum atomic E-state index is 12.0. The second kappa shape index (κ2) is 7.41. The molecule has 0 spiro atoms. The molecule has 2 aliphatic rings. The van der Waals surface area contributed by atoms with Gasteiger partial charge in [0.2, 0.25) is 5.91 Å². The molecule has 20 heavy (non-hydrogen) atoms. The van der Waals surface area contributed by atoms with E-state index in [1.54, 1.807) is 0 Å². The van der Waals surface area contributed by atoms with Gasteiger partial charge in [0, 0.05) is 13.0 Å². The van der Waals surface area contributed by atoms with Crippen LogP contribution in [0, 0.1) is 5.92 Å². The van der Waals surface area contributed by atoms with Crippen LogP contribution in [0.25, 0.3) is 0 Å². The molecule has 1 aliphatic carbocycles. The standard InChI is InChI=1S/C14H26N2O3S/c17-14(16-9-6-12-5-8-15-11-12)7-10-20(18,19)13-3-1-2-4-13/h12-13,15H,1-11H2,(H,16,17). The lowest BCUT2D eigenvalue weighted by Crippen LogP contribution is -2.30. The molecule has 1 saturated heterocycles. The van der Waals surface area contributed by atoms with E-state index in [9.17, 15) is 13.2 Å². The monoisotopic (exact) mass is 302 g/mol. The molecule has 1 saturated carbocycles. The number of carbonyl (C=O) groups excluding carboxylic acids is 1. The van der Waals surface area contributed by atoms with Gasteiger partial charge in [0.05, 0.1) is 11.0 Å². The molecular formula is C14H26N2O3S. The number of nitrogens with one attached hydrogen (secondary N) is 2. The van der Waals surface area contributed by atoms with Crippen molar-refractivity contribution in [1.29, 1.82) is 0 Å². The lowest BCUT2D eigenvalue weighted by atomic mass is 10.1. The van der Waals surface area contributed by atoms with Crippen molar-refractivity contribution in [3.05, 3.63) is 0 Å². The molecule has 0 aromatic rings. The Bertz CT molecular complexity index is 410. The molecule has 0 radical (unpaired) electrons. The number of carbonyl (C=O) groups is 1. The Morgan fingerprint density at radius 1 is 1.20 bits per heavy atom. The molecule has 116 valence electrons. The molecule has 1 unspecified atom stereocenters. The molecule has 2 rings (SSSR count). The number of rotatable bonds is 7. The van der Waals surface area contributed by atoms with E-state index in [0.29, 0.717) is 12.5 Å². The first-order chi connectivity index (χ1) is 9.58. The van der Waals surface area contributed by atoms with Crippen LogP contribution in [0.3, 0.4) is 0 Å². The Hall–Kier alpha value is -0.620. The predicted octanol–water partition coefficient (Wildman–Crippen LogP) is 0.850. The quantitative estimate of drug-likeness (QED) is 0.731. The van der Waals surface area contributed by atoms with Crippen molar-refractivity contribution in [3.63, 3.8) is 0 Å². The SMILES string of the molecule is O=C(CCS(=O)(=O)C1CCCC1)NCCC1CCNC1. The van der Waals surface area contributed by atoms with Gasteiger partial charge in [-0.05, 0) is 44.7 Å². The van der Waals surface area contributed by atoms with Crippen LogP contribution >= 0.6 is 0 Å². The summed E-state index contributed by atoms with van der Waals surface area (Å²) in [5.74, 6) is 0.532. The summed E-state index contributed by atoms with van der Waals surface area (Å²) in [4.78, 5) is 11.7. The fourth-order valence-electron chi connectivity index (χ4n) is 3.11. The molecule has 2 N–H and O–H groups in total. The Morgan fingerprint density at radius 3 is 2.60 bits per heavy atom. The van der Waals surface area contributed by atoms with Crippen molar-refractivity contribution in [1.82, 2.24) is 10.6 Å². The topological polar surface area (TPSA) is 75.3 Å². The average Bonchev–Trinajstić information content (AvgIpc) is 3.09. The van der Waals surface area contributed by atoms with Gasteiger partial charge in [-0.1, -0.05) is 12.8 Å². The molecule has 1 amide bonds. The molecule has 5 nitrogen and oxygen atoms in total. The molecule has 1 aliphatic heterocycles. The summed E-state index contributed by atoms with van der Waals surface area (Å²) in [5, 5.41) is 5.94. The first-order valence-corrected chi connectivity index (χ1v) is 9.48. The van der Waals surface area contributed by atoms with E-state index in [1.807, 2.05) is 0 Å². The summed E-state index contributed by atoms with van der Waals surface area (Å²) < 4.78 is 24.1. The number of hydrogen-bond donors (Lipinski definition) is 2. The Labute approximate surface area is 121 Å². The minimum Gasteiger partial charge on any atom is -0.356 e. The smallest absolute Gasteiger partial charge is 0.221 e. The number of hydrogen-bond acceptors (Lipinski definition) is 4. The van der Waals surface area contributed by atoms with E-state index in [4.69, 9.17) is 0 Å². The molecule has 1 heterocycles. The fraction of sp³-hybridized carbons (Fsp3) is 0.929. The number of sulfone groups is 1. The normalized spacial score (nSPS) is 24.1. The van der Waals surface area contributed by atoms with Crippen LogP contribution in [0.1, 0.15) is 44.9 Å². The highest BCUT2D eigenvalue weighted by molar-refractivity contribution is 7.92. The highest BCUT2D eigenvalue weighted by Gasteiger charge is 2.28. The van der Waals surface area contributed by atoms with E-state index in [0.717, 1.165) is 45.2 Å². The van der Waals surface area contributed by atoms with Gasteiger partial charge >= 0.3 is 0 Å². The molecule has 2 fully saturated rings. The van der Waals surface area contributed by atoms with Crippen LogP contribution in [-0.2, 0) is 14.6 Å². The molecule has 0 bridgehead atoms. The van der Waals surface area contributed by atoms with E-state index in [2.05, 4.69) is 10.6 Å². The van der Waals surface area contributed by atoms with E-state index >= 15 is 0 Å². The summed E-state index contributed by atoms with van der Waals surface area (Å²) in [5.41, 5.74) is 0. The second-order valence-corrected chi connectivity index (χ2v) is 8.42. The van der Waals surface area contributed by atoms with Crippen LogP contribution in [0.15, 0.2) is 0 Å². The van der Waals surface area contributed by atoms with Gasteiger partial charge in [0.1, 0.15) is 0 Å². The lowest BCUT2D eigenvalue weighted by molar-refractivity contribution is -0.120.